The number of likely N-dealkylation sites (tertiary alicyclic amines) is 1. The fourth-order valence-corrected chi connectivity index (χ4v) is 4.20. The Balaban J connectivity index is 1.67. The van der Waals surface area contributed by atoms with Crippen LogP contribution in [0.1, 0.15) is 70.9 Å². The van der Waals surface area contributed by atoms with Gasteiger partial charge in [0.05, 0.1) is 17.4 Å². The summed E-state index contributed by atoms with van der Waals surface area (Å²) in [7, 11) is 0. The monoisotopic (exact) mass is 404 g/mol. The van der Waals surface area contributed by atoms with Gasteiger partial charge in [0.1, 0.15) is 5.69 Å². The summed E-state index contributed by atoms with van der Waals surface area (Å²) in [4.78, 5) is 35.0. The van der Waals surface area contributed by atoms with Gasteiger partial charge in [0.15, 0.2) is 5.13 Å². The Morgan fingerprint density at radius 2 is 2.00 bits per heavy atom. The van der Waals surface area contributed by atoms with Crippen LogP contribution >= 0.6 is 11.3 Å². The number of aromatic nitrogens is 2. The number of rotatable bonds is 6. The van der Waals surface area contributed by atoms with E-state index >= 15 is 0 Å². The minimum absolute atomic E-state index is 0.216. The van der Waals surface area contributed by atoms with Crippen molar-refractivity contribution in [2.45, 2.75) is 59.6 Å². The Bertz CT molecular complexity index is 850. The maximum Gasteiger partial charge on any atom is 0.340 e. The zero-order valence-electron chi connectivity index (χ0n) is 16.9. The summed E-state index contributed by atoms with van der Waals surface area (Å²) in [5.74, 6) is -0.721. The molecule has 0 aromatic carbocycles. The molecule has 0 unspecified atom stereocenters. The predicted octanol–water partition coefficient (Wildman–Crippen LogP) is 3.89. The molecule has 3 rings (SSSR count). The summed E-state index contributed by atoms with van der Waals surface area (Å²) < 4.78 is 5.28. The molecule has 1 saturated heterocycles. The third kappa shape index (κ3) is 4.80. The Kier molecular flexibility index (Phi) is 6.51. The molecule has 28 heavy (non-hydrogen) atoms. The van der Waals surface area contributed by atoms with E-state index < -0.39 is 5.97 Å². The molecule has 152 valence electrons. The van der Waals surface area contributed by atoms with Gasteiger partial charge in [-0.05, 0) is 59.2 Å². The molecule has 1 aliphatic rings. The predicted molar refractivity (Wildman–Crippen MR) is 110 cm³/mol. The molecule has 0 spiro atoms. The molecule has 3 heterocycles. The summed E-state index contributed by atoms with van der Waals surface area (Å²) in [5, 5.41) is 5.40. The van der Waals surface area contributed by atoms with E-state index in [1.165, 1.54) is 30.6 Å². The van der Waals surface area contributed by atoms with E-state index in [0.717, 1.165) is 25.3 Å². The van der Waals surface area contributed by atoms with Crippen molar-refractivity contribution < 1.29 is 14.3 Å². The lowest BCUT2D eigenvalue weighted by Crippen LogP contribution is -2.29. The normalized spacial score (nSPS) is 15.0. The maximum atomic E-state index is 12.7. The Morgan fingerprint density at radius 3 is 2.68 bits per heavy atom. The number of nitrogens with one attached hydrogen (secondary N) is 2. The fourth-order valence-electron chi connectivity index (χ4n) is 3.50. The van der Waals surface area contributed by atoms with Crippen LogP contribution in [-0.4, -0.2) is 45.9 Å². The maximum absolute atomic E-state index is 12.7. The largest absolute Gasteiger partial charge is 0.459 e. The van der Waals surface area contributed by atoms with Gasteiger partial charge in [0.25, 0.3) is 5.91 Å². The number of piperidine rings is 1. The minimum Gasteiger partial charge on any atom is -0.459 e. The summed E-state index contributed by atoms with van der Waals surface area (Å²) in [6, 6.07) is 0. The number of aryl methyl sites for hydroxylation is 1. The number of H-pyrrole nitrogens is 1. The summed E-state index contributed by atoms with van der Waals surface area (Å²) in [6.07, 6.45) is 3.56. The number of esters is 1. The van der Waals surface area contributed by atoms with Crippen LogP contribution < -0.4 is 5.32 Å². The van der Waals surface area contributed by atoms with Crippen molar-refractivity contribution >= 4 is 28.3 Å². The molecular formula is C20H28N4O3S. The topological polar surface area (TPSA) is 87.3 Å². The molecule has 8 heteroatoms. The number of carbonyl (C=O) groups excluding carboxylic acids is 2. The Labute approximate surface area is 169 Å². The molecule has 1 amide bonds. The van der Waals surface area contributed by atoms with Crippen LogP contribution in [0.2, 0.25) is 0 Å². The number of hydrogen-bond acceptors (Lipinski definition) is 6. The van der Waals surface area contributed by atoms with Gasteiger partial charge in [-0.25, -0.2) is 9.78 Å². The number of amides is 1. The average Bonchev–Trinajstić information content (AvgIpc) is 3.18. The third-order valence-electron chi connectivity index (χ3n) is 4.82. The highest BCUT2D eigenvalue weighted by molar-refractivity contribution is 7.13. The molecule has 0 saturated carbocycles. The molecule has 2 aromatic rings. The number of thiazole rings is 1. The number of ether oxygens (including phenoxy) is 1. The number of nitrogens with zero attached hydrogens (tertiary/aromatic N) is 2. The van der Waals surface area contributed by atoms with Crippen molar-refractivity contribution in [3.8, 4) is 0 Å². The first-order valence-electron chi connectivity index (χ1n) is 9.73. The van der Waals surface area contributed by atoms with E-state index in [0.29, 0.717) is 27.6 Å². The Morgan fingerprint density at radius 1 is 1.29 bits per heavy atom. The number of anilines is 1. The average molecular weight is 405 g/mol. The molecule has 2 aromatic heterocycles. The van der Waals surface area contributed by atoms with Crippen molar-refractivity contribution in [2.75, 3.05) is 18.4 Å². The van der Waals surface area contributed by atoms with Gasteiger partial charge in [-0.2, -0.15) is 0 Å². The molecule has 1 fully saturated rings. The Hall–Kier alpha value is -2.19. The summed E-state index contributed by atoms with van der Waals surface area (Å²) in [6.45, 7) is 10.1. The van der Waals surface area contributed by atoms with Crippen LogP contribution in [0.5, 0.6) is 0 Å². The summed E-state index contributed by atoms with van der Waals surface area (Å²) >= 11 is 1.42. The van der Waals surface area contributed by atoms with Crippen LogP contribution in [0.3, 0.4) is 0 Å². The van der Waals surface area contributed by atoms with Crippen molar-refractivity contribution in [1.29, 1.82) is 0 Å². The van der Waals surface area contributed by atoms with Gasteiger partial charge in [0, 0.05) is 17.6 Å². The molecule has 0 aliphatic carbocycles. The zero-order chi connectivity index (χ0) is 20.3. The van der Waals surface area contributed by atoms with E-state index in [1.807, 2.05) is 5.38 Å². The second kappa shape index (κ2) is 8.87. The fraction of sp³-hybridized carbons (Fsp3) is 0.550. The van der Waals surface area contributed by atoms with Gasteiger partial charge in [-0.15, -0.1) is 11.3 Å². The van der Waals surface area contributed by atoms with Gasteiger partial charge < -0.3 is 9.72 Å². The first kappa shape index (κ1) is 20.5. The van der Waals surface area contributed by atoms with Crippen molar-refractivity contribution in [1.82, 2.24) is 14.9 Å². The molecule has 2 N–H and O–H groups in total. The highest BCUT2D eigenvalue weighted by Crippen LogP contribution is 2.23. The minimum atomic E-state index is -0.418. The second-order valence-corrected chi connectivity index (χ2v) is 8.37. The van der Waals surface area contributed by atoms with Gasteiger partial charge in [0.2, 0.25) is 0 Å². The lowest BCUT2D eigenvalue weighted by atomic mass is 10.1. The molecule has 0 radical (unpaired) electrons. The van der Waals surface area contributed by atoms with E-state index in [4.69, 9.17) is 4.74 Å². The van der Waals surface area contributed by atoms with Crippen molar-refractivity contribution in [3.63, 3.8) is 0 Å². The van der Waals surface area contributed by atoms with Gasteiger partial charge in [-0.1, -0.05) is 6.42 Å². The van der Waals surface area contributed by atoms with Crippen molar-refractivity contribution in [3.05, 3.63) is 33.6 Å². The number of carbonyl (C=O) groups is 2. The van der Waals surface area contributed by atoms with Gasteiger partial charge >= 0.3 is 5.97 Å². The van der Waals surface area contributed by atoms with Crippen LogP contribution in [0.4, 0.5) is 5.13 Å². The van der Waals surface area contributed by atoms with E-state index in [1.54, 1.807) is 27.7 Å². The highest BCUT2D eigenvalue weighted by Gasteiger charge is 2.24. The standard InChI is InChI=1S/C20H28N4O3S/c1-12(2)27-19(26)16-13(3)17(21-14(16)4)18(25)23-20-22-15(11-28-20)10-24-8-6-5-7-9-24/h11-12,21H,5-10H2,1-4H3,(H,22,23,25). The molecular weight excluding hydrogens is 376 g/mol. The van der Waals surface area contributed by atoms with Gasteiger partial charge in [-0.3, -0.25) is 15.0 Å². The summed E-state index contributed by atoms with van der Waals surface area (Å²) in [5.41, 5.74) is 2.97. The van der Waals surface area contributed by atoms with Crippen LogP contribution in [0, 0.1) is 13.8 Å². The first-order chi connectivity index (χ1) is 13.3. The molecule has 7 nitrogen and oxygen atoms in total. The van der Waals surface area contributed by atoms with Crippen molar-refractivity contribution in [2.24, 2.45) is 0 Å². The van der Waals surface area contributed by atoms with Crippen LogP contribution in [0.15, 0.2) is 5.38 Å². The third-order valence-corrected chi connectivity index (χ3v) is 5.62. The van der Waals surface area contributed by atoms with Crippen LogP contribution in [0.25, 0.3) is 0 Å². The smallest absolute Gasteiger partial charge is 0.340 e. The highest BCUT2D eigenvalue weighted by atomic mass is 32.1. The molecule has 0 bridgehead atoms. The van der Waals surface area contributed by atoms with Crippen LogP contribution in [-0.2, 0) is 11.3 Å². The van der Waals surface area contributed by atoms with E-state index in [2.05, 4.69) is 20.2 Å². The number of hydrogen-bond donors (Lipinski definition) is 2. The number of aromatic amines is 1. The molecule has 0 atom stereocenters. The lowest BCUT2D eigenvalue weighted by molar-refractivity contribution is 0.0376. The SMILES string of the molecule is Cc1[nH]c(C(=O)Nc2nc(CN3CCCCC3)cs2)c(C)c1C(=O)OC(C)C. The first-order valence-corrected chi connectivity index (χ1v) is 10.6. The second-order valence-electron chi connectivity index (χ2n) is 7.51. The molecule has 1 aliphatic heterocycles. The van der Waals surface area contributed by atoms with E-state index in [9.17, 15) is 9.59 Å². The van der Waals surface area contributed by atoms with E-state index in [-0.39, 0.29) is 12.0 Å². The zero-order valence-corrected chi connectivity index (χ0v) is 17.7. The quantitative estimate of drug-likeness (QED) is 0.713. The lowest BCUT2D eigenvalue weighted by Gasteiger charge is -2.25.